The van der Waals surface area contributed by atoms with Crippen molar-refractivity contribution in [3.8, 4) is 5.75 Å². The molecular weight excluding hydrogens is 395 g/mol. The molecule has 0 aromatic heterocycles. The monoisotopic (exact) mass is 416 g/mol. The van der Waals surface area contributed by atoms with Crippen LogP contribution in [0.25, 0.3) is 5.57 Å². The average molecular weight is 416 g/mol. The van der Waals surface area contributed by atoms with E-state index >= 15 is 0 Å². The van der Waals surface area contributed by atoms with Gasteiger partial charge < -0.3 is 10.1 Å². The van der Waals surface area contributed by atoms with Crippen molar-refractivity contribution in [2.75, 3.05) is 17.3 Å². The number of nitrogens with one attached hydrogen (secondary N) is 1. The second-order valence-electron chi connectivity index (χ2n) is 7.37. The summed E-state index contributed by atoms with van der Waals surface area (Å²) in [6, 6.07) is 18.2. The SMILES string of the molecule is COc1ccccc1NC1=C(c2ccc(F)cc2)C(=O)N(c2cc(C)cc(C)c2)C1=O. The maximum absolute atomic E-state index is 13.5. The second kappa shape index (κ2) is 8.07. The lowest BCUT2D eigenvalue weighted by molar-refractivity contribution is -0.120. The molecule has 5 nitrogen and oxygen atoms in total. The van der Waals surface area contributed by atoms with Gasteiger partial charge in [-0.25, -0.2) is 9.29 Å². The minimum atomic E-state index is -0.486. The third kappa shape index (κ3) is 3.80. The number of para-hydroxylation sites is 2. The van der Waals surface area contributed by atoms with Crippen molar-refractivity contribution < 1.29 is 18.7 Å². The normalized spacial score (nSPS) is 13.7. The predicted octanol–water partition coefficient (Wildman–Crippen LogP) is 4.85. The Bertz CT molecular complexity index is 1200. The molecule has 31 heavy (non-hydrogen) atoms. The number of rotatable bonds is 5. The number of halogens is 1. The van der Waals surface area contributed by atoms with Crippen LogP contribution in [0.2, 0.25) is 0 Å². The number of anilines is 2. The maximum atomic E-state index is 13.5. The number of imide groups is 1. The Morgan fingerprint density at radius 3 is 2.16 bits per heavy atom. The zero-order valence-corrected chi connectivity index (χ0v) is 17.4. The Labute approximate surface area is 179 Å². The molecule has 6 heteroatoms. The highest BCUT2D eigenvalue weighted by Gasteiger charge is 2.40. The molecule has 1 N–H and O–H groups in total. The summed E-state index contributed by atoms with van der Waals surface area (Å²) in [5.41, 5.74) is 3.64. The fraction of sp³-hybridized carbons (Fsp3) is 0.120. The van der Waals surface area contributed by atoms with E-state index in [2.05, 4.69) is 5.32 Å². The lowest BCUT2D eigenvalue weighted by Crippen LogP contribution is -2.32. The molecule has 1 aliphatic heterocycles. The Morgan fingerprint density at radius 1 is 0.871 bits per heavy atom. The molecule has 4 rings (SSSR count). The van der Waals surface area contributed by atoms with E-state index < -0.39 is 17.6 Å². The number of methoxy groups -OCH3 is 1. The van der Waals surface area contributed by atoms with Crippen LogP contribution in [0, 0.1) is 19.7 Å². The van der Waals surface area contributed by atoms with E-state index in [4.69, 9.17) is 4.74 Å². The van der Waals surface area contributed by atoms with E-state index in [0.29, 0.717) is 22.7 Å². The molecule has 0 saturated heterocycles. The largest absolute Gasteiger partial charge is 0.495 e. The standard InChI is InChI=1S/C25H21FN2O3/c1-15-12-16(2)14-19(13-15)28-24(29)22(17-8-10-18(26)11-9-17)23(25(28)30)27-20-6-4-5-7-21(20)31-3/h4-14,27H,1-3H3. The molecule has 0 saturated carbocycles. The Hall–Kier alpha value is -3.93. The number of nitrogens with zero attached hydrogens (tertiary/aromatic N) is 1. The Morgan fingerprint density at radius 2 is 1.52 bits per heavy atom. The third-order valence-corrected chi connectivity index (χ3v) is 5.05. The van der Waals surface area contributed by atoms with Crippen LogP contribution in [0.1, 0.15) is 16.7 Å². The average Bonchev–Trinajstić information content (AvgIpc) is 2.98. The molecule has 3 aromatic rings. The third-order valence-electron chi connectivity index (χ3n) is 5.05. The van der Waals surface area contributed by atoms with Gasteiger partial charge in [0.05, 0.1) is 24.1 Å². The maximum Gasteiger partial charge on any atom is 0.282 e. The molecule has 0 spiro atoms. The summed E-state index contributed by atoms with van der Waals surface area (Å²) in [7, 11) is 1.53. The van der Waals surface area contributed by atoms with Crippen LogP contribution >= 0.6 is 0 Å². The Kier molecular flexibility index (Phi) is 5.29. The van der Waals surface area contributed by atoms with Crippen molar-refractivity contribution in [3.05, 3.63) is 94.9 Å². The quantitative estimate of drug-likeness (QED) is 0.604. The topological polar surface area (TPSA) is 58.6 Å². The number of hydrogen-bond acceptors (Lipinski definition) is 4. The molecule has 3 aromatic carbocycles. The molecule has 2 amide bonds. The highest BCUT2D eigenvalue weighted by molar-refractivity contribution is 6.46. The fourth-order valence-electron chi connectivity index (χ4n) is 3.73. The van der Waals surface area contributed by atoms with Crippen LogP contribution in [0.5, 0.6) is 5.75 Å². The fourth-order valence-corrected chi connectivity index (χ4v) is 3.73. The minimum Gasteiger partial charge on any atom is -0.495 e. The van der Waals surface area contributed by atoms with Gasteiger partial charge in [-0.1, -0.05) is 30.3 Å². The number of carbonyl (C=O) groups excluding carboxylic acids is 2. The van der Waals surface area contributed by atoms with E-state index in [0.717, 1.165) is 16.0 Å². The summed E-state index contributed by atoms with van der Waals surface area (Å²) < 4.78 is 18.9. The molecule has 0 aliphatic carbocycles. The van der Waals surface area contributed by atoms with Crippen molar-refractivity contribution in [2.45, 2.75) is 13.8 Å². The molecule has 0 bridgehead atoms. The summed E-state index contributed by atoms with van der Waals surface area (Å²) in [6.07, 6.45) is 0. The number of benzene rings is 3. The first kappa shape index (κ1) is 20.3. The van der Waals surface area contributed by atoms with E-state index in [-0.39, 0.29) is 11.3 Å². The smallest absolute Gasteiger partial charge is 0.282 e. The second-order valence-corrected chi connectivity index (χ2v) is 7.37. The number of carbonyl (C=O) groups is 2. The van der Waals surface area contributed by atoms with E-state index in [9.17, 15) is 14.0 Å². The zero-order valence-electron chi connectivity index (χ0n) is 17.4. The highest BCUT2D eigenvalue weighted by Crippen LogP contribution is 2.36. The minimum absolute atomic E-state index is 0.111. The summed E-state index contributed by atoms with van der Waals surface area (Å²) in [5.74, 6) is -0.857. The van der Waals surface area contributed by atoms with Crippen molar-refractivity contribution in [1.29, 1.82) is 0 Å². The summed E-state index contributed by atoms with van der Waals surface area (Å²) in [6.45, 7) is 3.81. The van der Waals surface area contributed by atoms with Gasteiger partial charge in [0, 0.05) is 0 Å². The lowest BCUT2D eigenvalue weighted by Gasteiger charge is -2.17. The number of ether oxygens (including phenoxy) is 1. The molecule has 0 fully saturated rings. The van der Waals surface area contributed by atoms with Crippen LogP contribution in [-0.2, 0) is 9.59 Å². The van der Waals surface area contributed by atoms with Gasteiger partial charge in [0.2, 0.25) is 0 Å². The van der Waals surface area contributed by atoms with Gasteiger partial charge in [0.1, 0.15) is 17.3 Å². The van der Waals surface area contributed by atoms with Gasteiger partial charge in [0.15, 0.2) is 0 Å². The molecular formula is C25H21FN2O3. The zero-order chi connectivity index (χ0) is 22.1. The first-order valence-electron chi connectivity index (χ1n) is 9.76. The van der Waals surface area contributed by atoms with Crippen LogP contribution in [-0.4, -0.2) is 18.9 Å². The number of hydrogen-bond donors (Lipinski definition) is 1. The summed E-state index contributed by atoms with van der Waals surface area (Å²) >= 11 is 0. The van der Waals surface area contributed by atoms with Crippen LogP contribution in [0.4, 0.5) is 15.8 Å². The van der Waals surface area contributed by atoms with Gasteiger partial charge >= 0.3 is 0 Å². The molecule has 156 valence electrons. The van der Waals surface area contributed by atoms with Crippen LogP contribution in [0.3, 0.4) is 0 Å². The van der Waals surface area contributed by atoms with E-state index in [1.165, 1.54) is 31.4 Å². The van der Waals surface area contributed by atoms with Gasteiger partial charge in [-0.2, -0.15) is 0 Å². The first-order valence-corrected chi connectivity index (χ1v) is 9.76. The van der Waals surface area contributed by atoms with Gasteiger partial charge in [0.25, 0.3) is 11.8 Å². The molecule has 0 radical (unpaired) electrons. The van der Waals surface area contributed by atoms with Crippen molar-refractivity contribution in [1.82, 2.24) is 0 Å². The number of amides is 2. The molecule has 0 atom stereocenters. The highest BCUT2D eigenvalue weighted by atomic mass is 19.1. The van der Waals surface area contributed by atoms with Crippen molar-refractivity contribution in [2.24, 2.45) is 0 Å². The predicted molar refractivity (Wildman–Crippen MR) is 118 cm³/mol. The van der Waals surface area contributed by atoms with Crippen LogP contribution in [0.15, 0.2) is 72.4 Å². The van der Waals surface area contributed by atoms with Gasteiger partial charge in [-0.05, 0) is 66.9 Å². The summed E-state index contributed by atoms with van der Waals surface area (Å²) in [4.78, 5) is 28.1. The molecule has 0 unspecified atom stereocenters. The Balaban J connectivity index is 1.86. The first-order chi connectivity index (χ1) is 14.9. The summed E-state index contributed by atoms with van der Waals surface area (Å²) in [5, 5.41) is 3.08. The molecule has 1 aliphatic rings. The van der Waals surface area contributed by atoms with Crippen molar-refractivity contribution in [3.63, 3.8) is 0 Å². The van der Waals surface area contributed by atoms with Gasteiger partial charge in [-0.3, -0.25) is 9.59 Å². The van der Waals surface area contributed by atoms with E-state index in [1.54, 1.807) is 30.3 Å². The van der Waals surface area contributed by atoms with Gasteiger partial charge in [-0.15, -0.1) is 0 Å². The van der Waals surface area contributed by atoms with E-state index in [1.807, 2.05) is 26.0 Å². The van der Waals surface area contributed by atoms with Crippen LogP contribution < -0.4 is 15.0 Å². The molecule has 1 heterocycles. The van der Waals surface area contributed by atoms with Crippen molar-refractivity contribution >= 4 is 28.8 Å². The lowest BCUT2D eigenvalue weighted by atomic mass is 10.0. The number of aryl methyl sites for hydroxylation is 2.